The second-order valence-corrected chi connectivity index (χ2v) is 8.56. The van der Waals surface area contributed by atoms with Gasteiger partial charge in [0, 0.05) is 60.7 Å². The number of amides is 1. The zero-order valence-electron chi connectivity index (χ0n) is 18.3. The number of carbonyl (C=O) groups is 2. The maximum atomic E-state index is 13.3. The molecule has 1 amide bonds. The second-order valence-electron chi connectivity index (χ2n) is 8.56. The quantitative estimate of drug-likeness (QED) is 0.822. The second kappa shape index (κ2) is 8.26. The number of Topliss-reactive ketones (excluding diaryl/α,β-unsaturated/α-hetero) is 1. The molecule has 2 aliphatic heterocycles. The van der Waals surface area contributed by atoms with Crippen molar-refractivity contribution in [3.8, 4) is 0 Å². The Kier molecular flexibility index (Phi) is 5.69. The molecule has 6 heteroatoms. The smallest absolute Gasteiger partial charge is 0.254 e. The minimum absolute atomic E-state index is 0.0857. The number of hydrogen-bond donors (Lipinski definition) is 1. The minimum atomic E-state index is -0.121. The molecule has 1 unspecified atom stereocenters. The first-order chi connectivity index (χ1) is 14.4. The molecule has 1 atom stereocenters. The van der Waals surface area contributed by atoms with E-state index in [1.807, 2.05) is 44.0 Å². The van der Waals surface area contributed by atoms with Crippen LogP contribution in [0, 0.1) is 12.8 Å². The highest BCUT2D eigenvalue weighted by Crippen LogP contribution is 2.35. The molecule has 0 saturated carbocycles. The van der Waals surface area contributed by atoms with Crippen molar-refractivity contribution in [1.82, 2.24) is 14.8 Å². The maximum absolute atomic E-state index is 13.3. The summed E-state index contributed by atoms with van der Waals surface area (Å²) in [5.41, 5.74) is 4.41. The van der Waals surface area contributed by atoms with E-state index in [0.29, 0.717) is 23.6 Å². The zero-order valence-corrected chi connectivity index (χ0v) is 18.3. The molecule has 30 heavy (non-hydrogen) atoms. The Bertz CT molecular complexity index is 1010. The third-order valence-corrected chi connectivity index (χ3v) is 6.89. The lowest BCUT2D eigenvalue weighted by molar-refractivity contribution is -0.114. The summed E-state index contributed by atoms with van der Waals surface area (Å²) in [6.45, 7) is 8.47. The van der Waals surface area contributed by atoms with E-state index >= 15 is 0 Å². The van der Waals surface area contributed by atoms with E-state index < -0.39 is 0 Å². The average molecular weight is 410 g/mol. The summed E-state index contributed by atoms with van der Waals surface area (Å²) >= 11 is 0. The first-order valence-corrected chi connectivity index (χ1v) is 10.8. The van der Waals surface area contributed by atoms with Crippen LogP contribution in [0.25, 0.3) is 10.9 Å². The number of benzene rings is 1. The van der Waals surface area contributed by atoms with E-state index in [0.717, 1.165) is 48.3 Å². The third kappa shape index (κ3) is 3.54. The summed E-state index contributed by atoms with van der Waals surface area (Å²) in [4.78, 5) is 27.4. The fourth-order valence-electron chi connectivity index (χ4n) is 4.96. The SMILES string of the molecule is CC1=C(CNC(=O)c2c(C)n(C(C)C3CCOCC3)c3ccccc23)C(=O)CN1C. The highest BCUT2D eigenvalue weighted by molar-refractivity contribution is 6.09. The highest BCUT2D eigenvalue weighted by Gasteiger charge is 2.29. The molecule has 6 nitrogen and oxygen atoms in total. The predicted molar refractivity (Wildman–Crippen MR) is 118 cm³/mol. The highest BCUT2D eigenvalue weighted by atomic mass is 16.5. The zero-order chi connectivity index (χ0) is 21.4. The molecule has 1 aromatic heterocycles. The maximum Gasteiger partial charge on any atom is 0.254 e. The van der Waals surface area contributed by atoms with Gasteiger partial charge in [-0.25, -0.2) is 0 Å². The normalized spacial score (nSPS) is 19.1. The van der Waals surface area contributed by atoms with Crippen LogP contribution in [0.4, 0.5) is 0 Å². The summed E-state index contributed by atoms with van der Waals surface area (Å²) < 4.78 is 7.86. The molecule has 2 aliphatic rings. The Hall–Kier alpha value is -2.60. The van der Waals surface area contributed by atoms with Crippen molar-refractivity contribution in [1.29, 1.82) is 0 Å². The number of hydrogen-bond acceptors (Lipinski definition) is 4. The van der Waals surface area contributed by atoms with Crippen molar-refractivity contribution in [2.75, 3.05) is 33.4 Å². The van der Waals surface area contributed by atoms with Crippen LogP contribution >= 0.6 is 0 Å². The molecular formula is C24H31N3O3. The van der Waals surface area contributed by atoms with E-state index in [1.54, 1.807) is 0 Å². The Balaban J connectivity index is 1.65. The van der Waals surface area contributed by atoms with Crippen LogP contribution in [0.2, 0.25) is 0 Å². The summed E-state index contributed by atoms with van der Waals surface area (Å²) in [5, 5.41) is 3.97. The van der Waals surface area contributed by atoms with E-state index in [9.17, 15) is 9.59 Å². The molecule has 1 fully saturated rings. The van der Waals surface area contributed by atoms with Crippen LogP contribution in [-0.2, 0) is 9.53 Å². The number of nitrogens with one attached hydrogen (secondary N) is 1. The number of likely N-dealkylation sites (N-methyl/N-ethyl adjacent to an activating group) is 1. The van der Waals surface area contributed by atoms with E-state index in [4.69, 9.17) is 4.74 Å². The first kappa shape index (κ1) is 20.7. The van der Waals surface area contributed by atoms with Crippen molar-refractivity contribution in [3.63, 3.8) is 0 Å². The predicted octanol–water partition coefficient (Wildman–Crippen LogP) is 3.46. The van der Waals surface area contributed by atoms with Crippen molar-refractivity contribution in [2.45, 2.75) is 39.7 Å². The van der Waals surface area contributed by atoms with Crippen molar-refractivity contribution < 1.29 is 14.3 Å². The van der Waals surface area contributed by atoms with E-state index in [2.05, 4.69) is 22.9 Å². The summed E-state index contributed by atoms with van der Waals surface area (Å²) in [6, 6.07) is 8.40. The molecule has 4 rings (SSSR count). The van der Waals surface area contributed by atoms with Gasteiger partial charge in [0.15, 0.2) is 5.78 Å². The lowest BCUT2D eigenvalue weighted by Gasteiger charge is -2.30. The van der Waals surface area contributed by atoms with Gasteiger partial charge in [0.05, 0.1) is 12.1 Å². The van der Waals surface area contributed by atoms with Crippen molar-refractivity contribution in [3.05, 3.63) is 46.8 Å². The number of rotatable bonds is 5. The van der Waals surface area contributed by atoms with Crippen LogP contribution in [0.5, 0.6) is 0 Å². The Morgan fingerprint density at radius 1 is 1.23 bits per heavy atom. The molecule has 0 radical (unpaired) electrons. The Morgan fingerprint density at radius 2 is 1.93 bits per heavy atom. The van der Waals surface area contributed by atoms with Gasteiger partial charge in [0.2, 0.25) is 0 Å². The topological polar surface area (TPSA) is 63.6 Å². The molecule has 0 spiro atoms. The number of aromatic nitrogens is 1. The molecule has 0 aliphatic carbocycles. The number of ketones is 1. The molecule has 1 N–H and O–H groups in total. The van der Waals surface area contributed by atoms with Gasteiger partial charge >= 0.3 is 0 Å². The molecule has 1 aromatic carbocycles. The van der Waals surface area contributed by atoms with Gasteiger partial charge in [0.1, 0.15) is 0 Å². The van der Waals surface area contributed by atoms with Gasteiger partial charge in [-0.15, -0.1) is 0 Å². The molecule has 1 saturated heterocycles. The lowest BCUT2D eigenvalue weighted by atomic mass is 9.92. The van der Waals surface area contributed by atoms with E-state index in [1.165, 1.54) is 0 Å². The average Bonchev–Trinajstić information content (AvgIpc) is 3.18. The van der Waals surface area contributed by atoms with Crippen LogP contribution in [-0.4, -0.2) is 54.5 Å². The fraction of sp³-hybridized carbons (Fsp3) is 0.500. The first-order valence-electron chi connectivity index (χ1n) is 10.8. The molecular weight excluding hydrogens is 378 g/mol. The van der Waals surface area contributed by atoms with Crippen molar-refractivity contribution >= 4 is 22.6 Å². The Labute approximate surface area is 177 Å². The Morgan fingerprint density at radius 3 is 2.60 bits per heavy atom. The summed E-state index contributed by atoms with van der Waals surface area (Å²) in [7, 11) is 1.90. The lowest BCUT2D eigenvalue weighted by Crippen LogP contribution is -2.28. The molecule has 160 valence electrons. The fourth-order valence-corrected chi connectivity index (χ4v) is 4.96. The number of para-hydroxylation sites is 1. The molecule has 2 aromatic rings. The van der Waals surface area contributed by atoms with Crippen LogP contribution in [0.3, 0.4) is 0 Å². The minimum Gasteiger partial charge on any atom is -0.381 e. The van der Waals surface area contributed by atoms with Crippen molar-refractivity contribution in [2.24, 2.45) is 5.92 Å². The van der Waals surface area contributed by atoms with Crippen LogP contribution < -0.4 is 5.32 Å². The molecule has 3 heterocycles. The number of carbonyl (C=O) groups excluding carboxylic acids is 2. The summed E-state index contributed by atoms with van der Waals surface area (Å²) in [5.74, 6) is 0.496. The van der Waals surface area contributed by atoms with Gasteiger partial charge in [-0.05, 0) is 45.6 Å². The van der Waals surface area contributed by atoms with Gasteiger partial charge in [-0.2, -0.15) is 0 Å². The number of ether oxygens (including phenoxy) is 1. The van der Waals surface area contributed by atoms with E-state index in [-0.39, 0.29) is 24.3 Å². The van der Waals surface area contributed by atoms with Gasteiger partial charge in [-0.3, -0.25) is 9.59 Å². The van der Waals surface area contributed by atoms with Gasteiger partial charge in [0.25, 0.3) is 5.91 Å². The standard InChI is InChI=1S/C24H31N3O3/c1-15(18-9-11-30-12-10-18)27-17(3)23(19-7-5-6-8-21(19)27)24(29)25-13-20-16(2)26(4)14-22(20)28/h5-8,15,18H,9-14H2,1-4H3,(H,25,29). The number of fused-ring (bicyclic) bond motifs is 1. The van der Waals surface area contributed by atoms with Gasteiger partial charge < -0.3 is 19.5 Å². The van der Waals surface area contributed by atoms with Gasteiger partial charge in [-0.1, -0.05) is 18.2 Å². The van der Waals surface area contributed by atoms with Crippen LogP contribution in [0.15, 0.2) is 35.5 Å². The molecule has 0 bridgehead atoms. The summed E-state index contributed by atoms with van der Waals surface area (Å²) in [6.07, 6.45) is 2.08. The largest absolute Gasteiger partial charge is 0.381 e. The number of allylic oxidation sites excluding steroid dienone is 1. The number of nitrogens with zero attached hydrogens (tertiary/aromatic N) is 2. The third-order valence-electron chi connectivity index (χ3n) is 6.89. The van der Waals surface area contributed by atoms with Crippen LogP contribution in [0.1, 0.15) is 48.8 Å². The monoisotopic (exact) mass is 409 g/mol.